The predicted octanol–water partition coefficient (Wildman–Crippen LogP) is 20.7. The van der Waals surface area contributed by atoms with Crippen LogP contribution in [0.4, 0.5) is 0 Å². The topological polar surface area (TPSA) is 424 Å². The van der Waals surface area contributed by atoms with Crippen LogP contribution in [0.3, 0.4) is 0 Å². The van der Waals surface area contributed by atoms with E-state index in [-0.39, 0.29) is 64.8 Å². The number of hydrogen-bond donors (Lipinski definition) is 5. The first-order valence-corrected chi connectivity index (χ1v) is 48.9. The van der Waals surface area contributed by atoms with Crippen molar-refractivity contribution < 1.29 is 91.2 Å². The smallest absolute Gasteiger partial charge is 0.870 e. The Balaban J connectivity index is 0.000000265. The quantitative estimate of drug-likeness (QED) is 0.00924. The van der Waals surface area contributed by atoms with Crippen LogP contribution < -0.4 is 36.1 Å². The zero-order valence-corrected chi connectivity index (χ0v) is 85.8. The van der Waals surface area contributed by atoms with Crippen LogP contribution in [0.1, 0.15) is 127 Å². The van der Waals surface area contributed by atoms with Crippen LogP contribution in [0, 0.1) is 11.3 Å². The van der Waals surface area contributed by atoms with E-state index in [4.69, 9.17) is 46.9 Å². The summed E-state index contributed by atoms with van der Waals surface area (Å²) in [6.07, 6.45) is 5.61. The maximum absolute atomic E-state index is 12.3. The van der Waals surface area contributed by atoms with Gasteiger partial charge in [0.2, 0.25) is 6.29 Å². The Morgan fingerprint density at radius 2 is 0.961 bits per heavy atom. The van der Waals surface area contributed by atoms with E-state index >= 15 is 0 Å². The molecular formula is C85H76Br6Cl5LiN11O16PS3. The number of nitrogens with zero attached hydrogens (tertiary/aromatic N) is 8. The predicted molar refractivity (Wildman–Crippen MR) is 521 cm³/mol. The summed E-state index contributed by atoms with van der Waals surface area (Å²) in [6.45, 7) is 17.8. The van der Waals surface area contributed by atoms with Crippen molar-refractivity contribution in [1.29, 1.82) is 5.26 Å². The van der Waals surface area contributed by atoms with Gasteiger partial charge in [-0.1, -0.05) is 176 Å². The summed E-state index contributed by atoms with van der Waals surface area (Å²) in [5, 5.41) is 54.7. The molecule has 2 atom stereocenters. The van der Waals surface area contributed by atoms with Gasteiger partial charge in [0.05, 0.1) is 78.3 Å². The number of nitrogens with one attached hydrogen (secondary N) is 1. The van der Waals surface area contributed by atoms with Crippen molar-refractivity contribution in [1.82, 2.24) is 40.8 Å². The van der Waals surface area contributed by atoms with Gasteiger partial charge in [-0.05, 0) is 208 Å². The average Bonchev–Trinajstić information content (AvgIpc) is 1.38. The first-order valence-electron chi connectivity index (χ1n) is 36.8. The van der Waals surface area contributed by atoms with E-state index < -0.39 is 31.7 Å². The number of benzene rings is 9. The van der Waals surface area contributed by atoms with Crippen LogP contribution in [0.5, 0.6) is 0 Å². The van der Waals surface area contributed by atoms with Crippen molar-refractivity contribution in [2.24, 2.45) is 11.7 Å². The fourth-order valence-electron chi connectivity index (χ4n) is 11.0. The number of aliphatic hydroxyl groups excluding tert-OH is 1. The first-order chi connectivity index (χ1) is 59.5. The molecule has 0 saturated carbocycles. The van der Waals surface area contributed by atoms with E-state index in [9.17, 15) is 48.5 Å². The van der Waals surface area contributed by atoms with E-state index in [1.165, 1.54) is 23.5 Å². The summed E-state index contributed by atoms with van der Waals surface area (Å²) in [6, 6.07) is 53.0. The number of esters is 6. The number of nitrogens with two attached hydrogens (primary N) is 2. The van der Waals surface area contributed by atoms with Crippen molar-refractivity contribution in [3.63, 3.8) is 0 Å². The molecule has 0 radical (unpaired) electrons. The van der Waals surface area contributed by atoms with Crippen LogP contribution in [0.15, 0.2) is 226 Å². The first kappa shape index (κ1) is 111. The third-order valence-electron chi connectivity index (χ3n) is 16.8. The molecule has 7 heterocycles. The number of H-pyrrole nitrogens is 1. The molecule has 7 N–H and O–H groups in total. The number of aromatic amines is 1. The van der Waals surface area contributed by atoms with Gasteiger partial charge in [0.15, 0.2) is 15.3 Å². The molecule has 4 aromatic heterocycles. The van der Waals surface area contributed by atoms with E-state index in [0.29, 0.717) is 69.9 Å². The van der Waals surface area contributed by atoms with Gasteiger partial charge in [-0.3, -0.25) is 35.4 Å². The molecule has 0 spiro atoms. The van der Waals surface area contributed by atoms with Crippen LogP contribution in [0.2, 0.25) is 10.3 Å². The summed E-state index contributed by atoms with van der Waals surface area (Å²) >= 11 is 52.3. The van der Waals surface area contributed by atoms with Crippen LogP contribution in [-0.2, 0) is 54.0 Å². The average molecular weight is 2300 g/mol. The fraction of sp³-hybridized carbons (Fsp3) is 0.212. The number of fused-ring (bicyclic) bond motifs is 8. The van der Waals surface area contributed by atoms with E-state index in [1.807, 2.05) is 162 Å². The molecule has 0 amide bonds. The Hall–Kier alpha value is -7.24. The number of halogens is 11. The number of alkyl halides is 1. The van der Waals surface area contributed by atoms with Gasteiger partial charge in [0, 0.05) is 97.5 Å². The van der Waals surface area contributed by atoms with Crippen molar-refractivity contribution in [2.45, 2.75) is 104 Å². The Morgan fingerprint density at radius 1 is 0.547 bits per heavy atom. The molecule has 3 aliphatic heterocycles. The number of carbonyl (C=O) groups excluding carboxylic acids is 6. The number of aromatic nitrogens is 8. The standard InChI is InChI=1S/C25H21N3O2S.C14H15ClN2O2S.C8H4Br2O2.C8H4BrClN2.C8H5BrN2O.C8H5BrO3.C8H5BrO2.C6H12O2S.Cl3OP.Li.H4N2.H2O/c1-4-30-24(29)25(2,3)31-18-11-9-17-15-27-28-23(22(17)13-18)21-12-10-16(14-26)19-7-5-6-8-20(19)21;1-4-19-13(18)14(2,3)20-10-6-5-9-8-16-17-12(15)11(9)7-10;9-4-1-2-5-6(3-4)8(11)12-7(5)10;9-6-2-1-5-4-11-12-8(10)7(5)3-6;9-6-2-1-5-4-10-11-8(12)7(5)3-6;9-4-1-2-5-6(3-4)8(11)12-7(5)10;9-6-2-1-5-4-11-8(10)7(5)3-6;1-4-8-5(7)6(2,3)9;1-5(2,3)4;;1-2;/h5-13,15H,4H2,1-3H3;5-8H,4H2,1-3H3;1-3,7H;1-4H;1-4H,(H,11,12);1-3,7,10H;1-3H,4H2;9H,4H2,1-3H3;;;1-2H2;1H2/q;;;;;;;;;+1;;/p-1. The molecule has 0 fully saturated rings. The number of ether oxygens (including phenoxy) is 6. The second-order valence-electron chi connectivity index (χ2n) is 27.1. The molecule has 0 bridgehead atoms. The van der Waals surface area contributed by atoms with Crippen molar-refractivity contribution in [3.8, 4) is 17.3 Å². The number of hydrazine groups is 1. The number of hydrogen-bond acceptors (Lipinski definition) is 29. The number of aliphatic hydroxyl groups is 1. The molecule has 128 heavy (non-hydrogen) atoms. The van der Waals surface area contributed by atoms with E-state index in [1.54, 1.807) is 88.9 Å². The Labute approximate surface area is 835 Å². The van der Waals surface area contributed by atoms with Gasteiger partial charge >= 0.3 is 59.9 Å². The largest absolute Gasteiger partial charge is 1.00 e. The molecule has 43 heteroatoms. The number of rotatable bonds is 11. The number of nitriles is 1. The molecule has 27 nitrogen and oxygen atoms in total. The monoisotopic (exact) mass is 2290 g/mol. The van der Waals surface area contributed by atoms with Crippen molar-refractivity contribution in [3.05, 3.63) is 271 Å². The van der Waals surface area contributed by atoms with Gasteiger partial charge in [0.1, 0.15) is 26.5 Å². The molecule has 9 aromatic carbocycles. The molecular weight excluding hydrogens is 2220 g/mol. The van der Waals surface area contributed by atoms with Gasteiger partial charge < -0.3 is 39.0 Å². The third-order valence-corrected chi connectivity index (χ3v) is 23.1. The molecule has 668 valence electrons. The number of cyclic esters (lactones) is 3. The normalized spacial score (nSPS) is 12.9. The molecule has 0 saturated heterocycles. The van der Waals surface area contributed by atoms with E-state index in [2.05, 4.69) is 205 Å². The minimum Gasteiger partial charge on any atom is -0.870 e. The molecule has 2 unspecified atom stereocenters. The molecule has 0 aliphatic carbocycles. The van der Waals surface area contributed by atoms with Crippen LogP contribution in [-0.4, -0.2) is 121 Å². The maximum atomic E-state index is 12.3. The van der Waals surface area contributed by atoms with Gasteiger partial charge in [-0.15, -0.1) is 38.8 Å². The van der Waals surface area contributed by atoms with Gasteiger partial charge in [-0.25, -0.2) is 19.5 Å². The zero-order valence-electron chi connectivity index (χ0n) is 69.1. The second kappa shape index (κ2) is 52.3. The second-order valence-corrected chi connectivity index (χ2v) is 44.4. The third kappa shape index (κ3) is 32.9. The van der Waals surface area contributed by atoms with Crippen molar-refractivity contribution in [2.75, 3.05) is 19.8 Å². The van der Waals surface area contributed by atoms with Crippen LogP contribution in [0.25, 0.3) is 65.1 Å². The Kier molecular flexibility index (Phi) is 45.4. The number of thioether (sulfide) groups is 2. The number of thiol groups is 1. The Bertz CT molecular complexity index is 6240. The summed E-state index contributed by atoms with van der Waals surface area (Å²) < 4.78 is 41.3. The SMILES string of the molecule is CCOC(=O)C(C)(C)S.CCOC(=O)C(C)(C)Sc1ccc2cnnc(-c3ccc(C#N)c4ccccc34)c2c1.CCOC(=O)C(C)(C)Sc1ccc2cnnc(Cl)c2c1.Clc1nncc2ccc(Br)cc12.NN.O=C1OC(Br)c2ccc(Br)cc21.O=C1OC(O)c2ccc(Br)cc21.O=C1OCc2ccc(Br)cc21.O=P(Cl)(Cl)Cl.O=c1[nH]ncc2ccc(Br)cc12.[Li+].[OH-]. The zero-order chi connectivity index (χ0) is 93.1. The van der Waals surface area contributed by atoms with E-state index in [0.717, 1.165) is 103 Å². The summed E-state index contributed by atoms with van der Waals surface area (Å²) in [4.78, 5) is 81.2. The summed E-state index contributed by atoms with van der Waals surface area (Å²) in [5.74, 6) is 6.29. The molecule has 13 aromatic rings. The van der Waals surface area contributed by atoms with Crippen molar-refractivity contribution >= 4 is 284 Å². The molecule has 3 aliphatic rings. The Morgan fingerprint density at radius 3 is 1.47 bits per heavy atom. The number of carbonyl (C=O) groups is 6. The molecule has 16 rings (SSSR count). The van der Waals surface area contributed by atoms with Gasteiger partial charge in [-0.2, -0.15) is 38.3 Å². The summed E-state index contributed by atoms with van der Waals surface area (Å²) in [7, 11) is 0. The van der Waals surface area contributed by atoms with Crippen LogP contribution >= 0.6 is 194 Å². The summed E-state index contributed by atoms with van der Waals surface area (Å²) in [5.41, 5.74) is 6.26. The minimum absolute atomic E-state index is 0. The maximum Gasteiger partial charge on any atom is 1.00 e. The van der Waals surface area contributed by atoms with Gasteiger partial charge in [0.25, 0.3) is 5.56 Å². The fourth-order valence-corrected chi connectivity index (χ4v) is 16.0. The minimum atomic E-state index is -3.22.